The molecule has 1 aromatic carbocycles. The van der Waals surface area contributed by atoms with Crippen molar-refractivity contribution >= 4 is 29.0 Å². The lowest BCUT2D eigenvalue weighted by atomic mass is 10.2. The summed E-state index contributed by atoms with van der Waals surface area (Å²) in [6, 6.07) is 5.92. The Morgan fingerprint density at radius 2 is 1.93 bits per heavy atom. The normalized spacial score (nSPS) is 9.47. The predicted octanol–water partition coefficient (Wildman–Crippen LogP) is -0.187. The van der Waals surface area contributed by atoms with Gasteiger partial charge < -0.3 is 5.11 Å². The van der Waals surface area contributed by atoms with Gasteiger partial charge in [0.1, 0.15) is 0 Å². The molecule has 0 unspecified atom stereocenters. The molecular formula is C8H10N4O2S. The summed E-state index contributed by atoms with van der Waals surface area (Å²) in [5, 5.41) is 9.94. The lowest BCUT2D eigenvalue weighted by molar-refractivity contribution is 0.0697. The van der Waals surface area contributed by atoms with Crippen LogP contribution >= 0.6 is 12.2 Å². The second-order valence-electron chi connectivity index (χ2n) is 2.67. The van der Waals surface area contributed by atoms with Gasteiger partial charge in [0.15, 0.2) is 0 Å². The van der Waals surface area contributed by atoms with E-state index in [0.29, 0.717) is 5.69 Å². The SMILES string of the molecule is NNC(=S)N(N)c1ccc(C(=O)O)cc1. The number of carboxylic acids is 1. The number of thiocarbonyl (C=S) groups is 1. The highest BCUT2D eigenvalue weighted by Crippen LogP contribution is 2.12. The van der Waals surface area contributed by atoms with Gasteiger partial charge >= 0.3 is 5.97 Å². The number of carboxylic acid groups (broad SMARTS) is 1. The van der Waals surface area contributed by atoms with Crippen LogP contribution in [0.5, 0.6) is 0 Å². The number of anilines is 1. The summed E-state index contributed by atoms with van der Waals surface area (Å²) in [6.45, 7) is 0. The van der Waals surface area contributed by atoms with Crippen LogP contribution in [-0.4, -0.2) is 16.2 Å². The van der Waals surface area contributed by atoms with Gasteiger partial charge in [-0.3, -0.25) is 10.4 Å². The highest BCUT2D eigenvalue weighted by molar-refractivity contribution is 7.80. The van der Waals surface area contributed by atoms with E-state index in [4.69, 9.17) is 29.0 Å². The number of benzene rings is 1. The molecule has 0 aromatic heterocycles. The molecule has 6 N–H and O–H groups in total. The Balaban J connectivity index is 2.89. The van der Waals surface area contributed by atoms with E-state index in [0.717, 1.165) is 5.01 Å². The molecule has 0 aliphatic carbocycles. The molecule has 0 saturated heterocycles. The Bertz CT molecular complexity index is 379. The monoisotopic (exact) mass is 226 g/mol. The lowest BCUT2D eigenvalue weighted by Gasteiger charge is -2.18. The van der Waals surface area contributed by atoms with Crippen LogP contribution in [0, 0.1) is 0 Å². The van der Waals surface area contributed by atoms with Crippen LogP contribution in [-0.2, 0) is 0 Å². The minimum atomic E-state index is -0.996. The molecule has 0 fully saturated rings. The first-order valence-corrected chi connectivity index (χ1v) is 4.36. The van der Waals surface area contributed by atoms with Crippen LogP contribution in [0.3, 0.4) is 0 Å². The average molecular weight is 226 g/mol. The van der Waals surface area contributed by atoms with Crippen LogP contribution < -0.4 is 22.1 Å². The molecular weight excluding hydrogens is 216 g/mol. The van der Waals surface area contributed by atoms with Crippen molar-refractivity contribution in [1.29, 1.82) is 0 Å². The maximum Gasteiger partial charge on any atom is 0.335 e. The zero-order chi connectivity index (χ0) is 11.4. The van der Waals surface area contributed by atoms with Gasteiger partial charge in [-0.05, 0) is 36.5 Å². The Labute approximate surface area is 91.4 Å². The van der Waals surface area contributed by atoms with Crippen LogP contribution in [0.15, 0.2) is 24.3 Å². The Morgan fingerprint density at radius 3 is 2.33 bits per heavy atom. The third-order valence-electron chi connectivity index (χ3n) is 1.73. The molecule has 1 rings (SSSR count). The molecule has 0 heterocycles. The third kappa shape index (κ3) is 2.62. The molecule has 1 aromatic rings. The smallest absolute Gasteiger partial charge is 0.335 e. The number of nitrogens with one attached hydrogen (secondary N) is 1. The summed E-state index contributed by atoms with van der Waals surface area (Å²) in [4.78, 5) is 10.6. The number of rotatable bonds is 2. The van der Waals surface area contributed by atoms with Crippen molar-refractivity contribution in [3.63, 3.8) is 0 Å². The first-order valence-electron chi connectivity index (χ1n) is 3.95. The number of carbonyl (C=O) groups is 1. The van der Waals surface area contributed by atoms with Crippen molar-refractivity contribution in [2.45, 2.75) is 0 Å². The fourth-order valence-corrected chi connectivity index (χ4v) is 1.06. The molecule has 0 bridgehead atoms. The van der Waals surface area contributed by atoms with Gasteiger partial charge in [0.2, 0.25) is 5.11 Å². The van der Waals surface area contributed by atoms with Gasteiger partial charge in [-0.15, -0.1) is 0 Å². The van der Waals surface area contributed by atoms with E-state index in [1.165, 1.54) is 24.3 Å². The van der Waals surface area contributed by atoms with E-state index in [2.05, 4.69) is 5.43 Å². The first-order chi connectivity index (χ1) is 7.06. The quantitative estimate of drug-likeness (QED) is 0.315. The number of hydrogen-bond acceptors (Lipinski definition) is 4. The summed E-state index contributed by atoms with van der Waals surface area (Å²) in [7, 11) is 0. The van der Waals surface area contributed by atoms with Crippen LogP contribution in [0.25, 0.3) is 0 Å². The maximum absolute atomic E-state index is 10.6. The summed E-state index contributed by atoms with van der Waals surface area (Å²) >= 11 is 4.79. The molecule has 0 saturated carbocycles. The van der Waals surface area contributed by atoms with Gasteiger partial charge in [0.25, 0.3) is 0 Å². The number of aromatic carboxylic acids is 1. The predicted molar refractivity (Wildman–Crippen MR) is 60.0 cm³/mol. The molecule has 0 atom stereocenters. The number of hydrazine groups is 2. The maximum atomic E-state index is 10.6. The second-order valence-corrected chi connectivity index (χ2v) is 3.06. The van der Waals surface area contributed by atoms with E-state index < -0.39 is 5.97 Å². The highest BCUT2D eigenvalue weighted by Gasteiger charge is 2.07. The Morgan fingerprint density at radius 1 is 1.40 bits per heavy atom. The molecule has 0 aliphatic heterocycles. The lowest BCUT2D eigenvalue weighted by Crippen LogP contribution is -2.47. The largest absolute Gasteiger partial charge is 0.478 e. The summed E-state index contributed by atoms with van der Waals surface area (Å²) < 4.78 is 0. The second kappa shape index (κ2) is 4.69. The number of hydrogen-bond donors (Lipinski definition) is 4. The zero-order valence-corrected chi connectivity index (χ0v) is 8.49. The van der Waals surface area contributed by atoms with E-state index in [-0.39, 0.29) is 10.7 Å². The van der Waals surface area contributed by atoms with Gasteiger partial charge in [0, 0.05) is 0 Å². The Kier molecular flexibility index (Phi) is 3.56. The van der Waals surface area contributed by atoms with Crippen molar-refractivity contribution in [1.82, 2.24) is 5.43 Å². The van der Waals surface area contributed by atoms with Crippen LogP contribution in [0.2, 0.25) is 0 Å². The summed E-state index contributed by atoms with van der Waals surface area (Å²) in [5.41, 5.74) is 2.94. The van der Waals surface area contributed by atoms with E-state index in [9.17, 15) is 4.79 Å². The molecule has 15 heavy (non-hydrogen) atoms. The number of nitrogens with two attached hydrogens (primary N) is 2. The van der Waals surface area contributed by atoms with Crippen LogP contribution in [0.1, 0.15) is 10.4 Å². The van der Waals surface area contributed by atoms with Crippen molar-refractivity contribution in [3.8, 4) is 0 Å². The first kappa shape index (κ1) is 11.4. The average Bonchev–Trinajstić information content (AvgIpc) is 2.27. The van der Waals surface area contributed by atoms with E-state index in [1.807, 2.05) is 0 Å². The molecule has 0 radical (unpaired) electrons. The molecule has 80 valence electrons. The summed E-state index contributed by atoms with van der Waals surface area (Å²) in [5.74, 6) is 9.66. The van der Waals surface area contributed by atoms with Crippen molar-refractivity contribution in [2.24, 2.45) is 11.7 Å². The zero-order valence-electron chi connectivity index (χ0n) is 7.68. The Hall–Kier alpha value is -1.70. The summed E-state index contributed by atoms with van der Waals surface area (Å²) in [6.07, 6.45) is 0. The topological polar surface area (TPSA) is 105 Å². The molecule has 6 nitrogen and oxygen atoms in total. The molecule has 0 aliphatic rings. The van der Waals surface area contributed by atoms with Crippen molar-refractivity contribution in [3.05, 3.63) is 29.8 Å². The van der Waals surface area contributed by atoms with Gasteiger partial charge in [-0.25, -0.2) is 16.5 Å². The minimum Gasteiger partial charge on any atom is -0.478 e. The van der Waals surface area contributed by atoms with Gasteiger partial charge in [-0.1, -0.05) is 0 Å². The van der Waals surface area contributed by atoms with E-state index >= 15 is 0 Å². The fraction of sp³-hybridized carbons (Fsp3) is 0. The molecule has 0 spiro atoms. The third-order valence-corrected chi connectivity index (χ3v) is 2.05. The standard InChI is InChI=1S/C8H10N4O2S/c9-11-8(15)12(10)6-3-1-5(2-4-6)7(13)14/h1-4H,9-10H2,(H,11,15)(H,13,14). The van der Waals surface area contributed by atoms with Crippen LogP contribution in [0.4, 0.5) is 5.69 Å². The highest BCUT2D eigenvalue weighted by atomic mass is 32.1. The van der Waals surface area contributed by atoms with Crippen molar-refractivity contribution in [2.75, 3.05) is 5.01 Å². The molecule has 7 heteroatoms. The van der Waals surface area contributed by atoms with Gasteiger partial charge in [-0.2, -0.15) is 0 Å². The fourth-order valence-electron chi connectivity index (χ4n) is 0.951. The van der Waals surface area contributed by atoms with Gasteiger partial charge in [0.05, 0.1) is 11.3 Å². The molecule has 0 amide bonds. The number of nitrogens with zero attached hydrogens (tertiary/aromatic N) is 1. The van der Waals surface area contributed by atoms with Crippen molar-refractivity contribution < 1.29 is 9.90 Å². The van der Waals surface area contributed by atoms with E-state index in [1.54, 1.807) is 0 Å². The minimum absolute atomic E-state index is 0.137.